The molecule has 0 saturated heterocycles. The van der Waals surface area contributed by atoms with Crippen molar-refractivity contribution in [1.29, 1.82) is 0 Å². The van der Waals surface area contributed by atoms with Crippen LogP contribution in [0.2, 0.25) is 0 Å². The number of alkyl halides is 3. The summed E-state index contributed by atoms with van der Waals surface area (Å²) in [4.78, 5) is 8.79. The Morgan fingerprint density at radius 1 is 1.03 bits per heavy atom. The number of rotatable bonds is 6. The highest BCUT2D eigenvalue weighted by Gasteiger charge is 2.32. The van der Waals surface area contributed by atoms with Crippen molar-refractivity contribution in [2.45, 2.75) is 45.4 Å². The summed E-state index contributed by atoms with van der Waals surface area (Å²) in [6.07, 6.45) is -4.24. The fourth-order valence-corrected chi connectivity index (χ4v) is 3.99. The normalized spacial score (nSPS) is 13.9. The van der Waals surface area contributed by atoms with Crippen LogP contribution in [0.25, 0.3) is 10.9 Å². The third kappa shape index (κ3) is 4.57. The van der Waals surface area contributed by atoms with Crippen LogP contribution in [0.5, 0.6) is 5.75 Å². The van der Waals surface area contributed by atoms with Gasteiger partial charge >= 0.3 is 6.18 Å². The van der Waals surface area contributed by atoms with Crippen molar-refractivity contribution in [3.8, 4) is 5.75 Å². The third-order valence-electron chi connectivity index (χ3n) is 5.59. The molecule has 3 rings (SSSR count). The lowest BCUT2D eigenvalue weighted by molar-refractivity contribution is -0.137. The summed E-state index contributed by atoms with van der Waals surface area (Å²) < 4.78 is 51.5. The molecule has 0 amide bonds. The van der Waals surface area contributed by atoms with Crippen LogP contribution < -0.4 is 16.2 Å². The first kappa shape index (κ1) is 23.6. The minimum absolute atomic E-state index is 0.0285. The van der Waals surface area contributed by atoms with Gasteiger partial charge in [0.1, 0.15) is 17.4 Å². The molecule has 0 saturated carbocycles. The first-order valence-corrected chi connectivity index (χ1v) is 10.1. The number of hydrogen-bond acceptors (Lipinski definition) is 6. The van der Waals surface area contributed by atoms with Gasteiger partial charge in [0, 0.05) is 42.2 Å². The Morgan fingerprint density at radius 3 is 2.31 bits per heavy atom. The number of methoxy groups -OCH3 is 2. The molecule has 0 aliphatic heterocycles. The van der Waals surface area contributed by atoms with Crippen LogP contribution in [0.3, 0.4) is 0 Å². The van der Waals surface area contributed by atoms with E-state index < -0.39 is 17.7 Å². The number of nitrogens with two attached hydrogens (primary N) is 2. The Kier molecular flexibility index (Phi) is 6.50. The lowest BCUT2D eigenvalue weighted by atomic mass is 9.84. The van der Waals surface area contributed by atoms with Crippen LogP contribution in [0, 0.1) is 6.92 Å². The van der Waals surface area contributed by atoms with Gasteiger partial charge in [-0.25, -0.2) is 9.97 Å². The molecule has 0 fully saturated rings. The first-order valence-electron chi connectivity index (χ1n) is 10.1. The maximum atomic E-state index is 13.5. The molecule has 4 N–H and O–H groups in total. The Labute approximate surface area is 184 Å². The largest absolute Gasteiger partial charge is 0.496 e. The Hall–Kier alpha value is -3.07. The van der Waals surface area contributed by atoms with Gasteiger partial charge in [0.15, 0.2) is 0 Å². The van der Waals surface area contributed by atoms with Crippen LogP contribution in [0.15, 0.2) is 24.3 Å². The van der Waals surface area contributed by atoms with Gasteiger partial charge in [-0.15, -0.1) is 0 Å². The zero-order valence-electron chi connectivity index (χ0n) is 18.7. The highest BCUT2D eigenvalue weighted by atomic mass is 19.4. The summed E-state index contributed by atoms with van der Waals surface area (Å²) in [5.74, 6) is 0.783. The molecule has 2 aromatic carbocycles. The lowest BCUT2D eigenvalue weighted by Gasteiger charge is -2.25. The SMILES string of the molecule is COc1cc2nc(C)nc(N)c2c([C@H](C)c2cc(N)cc(C(F)(F)F)c2)c1CC(C)OC. The predicted molar refractivity (Wildman–Crippen MR) is 119 cm³/mol. The lowest BCUT2D eigenvalue weighted by Crippen LogP contribution is -2.15. The minimum atomic E-state index is -4.52. The van der Waals surface area contributed by atoms with E-state index >= 15 is 0 Å². The zero-order valence-corrected chi connectivity index (χ0v) is 18.7. The van der Waals surface area contributed by atoms with Crippen molar-refractivity contribution in [2.24, 2.45) is 0 Å². The van der Waals surface area contributed by atoms with Crippen molar-refractivity contribution >= 4 is 22.4 Å². The standard InChI is InChI=1S/C23H27F3N4O2/c1-11(31-4)6-17-19(32-5)10-18-21(22(28)30-13(3)29-18)20(17)12(2)14-7-15(23(24,25)26)9-16(27)8-14/h7-12H,6,27H2,1-5H3,(H2,28,29,30)/t11?,12-/m1/s1. The van der Waals surface area contributed by atoms with Crippen LogP contribution in [0.1, 0.15) is 47.8 Å². The number of fused-ring (bicyclic) bond motifs is 1. The van der Waals surface area contributed by atoms with Crippen LogP contribution in [0.4, 0.5) is 24.7 Å². The average molecular weight is 448 g/mol. The number of aromatic nitrogens is 2. The van der Waals surface area contributed by atoms with E-state index in [-0.39, 0.29) is 17.6 Å². The van der Waals surface area contributed by atoms with Crippen molar-refractivity contribution in [3.05, 3.63) is 52.3 Å². The maximum Gasteiger partial charge on any atom is 0.416 e. The molecule has 1 heterocycles. The Bertz CT molecular complexity index is 1150. The number of anilines is 2. The number of aryl methyl sites for hydroxylation is 1. The third-order valence-corrected chi connectivity index (χ3v) is 5.59. The van der Waals surface area contributed by atoms with Gasteiger partial charge in [-0.3, -0.25) is 0 Å². The summed E-state index contributed by atoms with van der Waals surface area (Å²) in [6.45, 7) is 5.43. The van der Waals surface area contributed by atoms with E-state index in [0.29, 0.717) is 40.0 Å². The van der Waals surface area contributed by atoms with Gasteiger partial charge < -0.3 is 20.9 Å². The van der Waals surface area contributed by atoms with E-state index in [1.165, 1.54) is 7.11 Å². The molecule has 0 bridgehead atoms. The molecule has 0 aliphatic rings. The molecule has 0 spiro atoms. The van der Waals surface area contributed by atoms with Crippen LogP contribution in [-0.4, -0.2) is 30.3 Å². The van der Waals surface area contributed by atoms with Gasteiger partial charge in [0.25, 0.3) is 0 Å². The zero-order chi connectivity index (χ0) is 23.8. The van der Waals surface area contributed by atoms with Gasteiger partial charge in [-0.05, 0) is 43.2 Å². The average Bonchev–Trinajstić information content (AvgIpc) is 2.71. The molecular weight excluding hydrogens is 421 g/mol. The fraction of sp³-hybridized carbons (Fsp3) is 0.391. The molecule has 2 atom stereocenters. The quantitative estimate of drug-likeness (QED) is 0.523. The number of benzene rings is 2. The molecule has 9 heteroatoms. The molecule has 0 aliphatic carbocycles. The Balaban J connectivity index is 2.37. The second kappa shape index (κ2) is 8.82. The maximum absolute atomic E-state index is 13.5. The van der Waals surface area contributed by atoms with Crippen molar-refractivity contribution in [1.82, 2.24) is 9.97 Å². The van der Waals surface area contributed by atoms with E-state index in [1.54, 1.807) is 26.2 Å². The van der Waals surface area contributed by atoms with E-state index in [9.17, 15) is 13.2 Å². The molecule has 32 heavy (non-hydrogen) atoms. The van der Waals surface area contributed by atoms with Crippen molar-refractivity contribution in [2.75, 3.05) is 25.7 Å². The first-order chi connectivity index (χ1) is 15.0. The van der Waals surface area contributed by atoms with E-state index in [1.807, 2.05) is 13.8 Å². The molecule has 3 aromatic rings. The molecule has 172 valence electrons. The molecular formula is C23H27F3N4O2. The highest BCUT2D eigenvalue weighted by Crippen LogP contribution is 2.42. The summed E-state index contributed by atoms with van der Waals surface area (Å²) in [6, 6.07) is 5.35. The molecule has 0 radical (unpaired) electrons. The molecule has 1 unspecified atom stereocenters. The topological polar surface area (TPSA) is 96.3 Å². The van der Waals surface area contributed by atoms with Crippen LogP contribution >= 0.6 is 0 Å². The number of nitrogens with zero attached hydrogens (tertiary/aromatic N) is 2. The smallest absolute Gasteiger partial charge is 0.416 e. The second-order valence-electron chi connectivity index (χ2n) is 7.88. The van der Waals surface area contributed by atoms with Crippen LogP contribution in [-0.2, 0) is 17.3 Å². The number of halogens is 3. The number of ether oxygens (including phenoxy) is 2. The Morgan fingerprint density at radius 2 is 1.72 bits per heavy atom. The van der Waals surface area contributed by atoms with Gasteiger partial charge in [0.2, 0.25) is 0 Å². The van der Waals surface area contributed by atoms with E-state index in [2.05, 4.69) is 9.97 Å². The van der Waals surface area contributed by atoms with Crippen molar-refractivity contribution < 1.29 is 22.6 Å². The van der Waals surface area contributed by atoms with Gasteiger partial charge in [-0.1, -0.05) is 6.92 Å². The van der Waals surface area contributed by atoms with E-state index in [4.69, 9.17) is 20.9 Å². The minimum Gasteiger partial charge on any atom is -0.496 e. The summed E-state index contributed by atoms with van der Waals surface area (Å²) in [5, 5.41) is 0.582. The summed E-state index contributed by atoms with van der Waals surface area (Å²) in [5.41, 5.74) is 13.8. The molecule has 6 nitrogen and oxygen atoms in total. The number of nitrogen functional groups attached to an aromatic ring is 2. The summed E-state index contributed by atoms with van der Waals surface area (Å²) >= 11 is 0. The molecule has 1 aromatic heterocycles. The van der Waals surface area contributed by atoms with Gasteiger partial charge in [0.05, 0.1) is 24.3 Å². The monoisotopic (exact) mass is 448 g/mol. The fourth-order valence-electron chi connectivity index (χ4n) is 3.99. The van der Waals surface area contributed by atoms with E-state index in [0.717, 1.165) is 17.7 Å². The summed E-state index contributed by atoms with van der Waals surface area (Å²) in [7, 11) is 3.13. The second-order valence-corrected chi connectivity index (χ2v) is 7.88. The number of hydrogen-bond donors (Lipinski definition) is 2. The predicted octanol–water partition coefficient (Wildman–Crippen LogP) is 4.86. The van der Waals surface area contributed by atoms with Crippen molar-refractivity contribution in [3.63, 3.8) is 0 Å². The van der Waals surface area contributed by atoms with Gasteiger partial charge in [-0.2, -0.15) is 13.2 Å². The highest BCUT2D eigenvalue weighted by molar-refractivity contribution is 5.94.